The van der Waals surface area contributed by atoms with Gasteiger partial charge in [0.15, 0.2) is 12.4 Å². The van der Waals surface area contributed by atoms with E-state index >= 15 is 0 Å². The molecule has 0 aromatic heterocycles. The molecular weight excluding hydrogens is 554 g/mol. The number of carbonyl (C=O) groups is 1. The van der Waals surface area contributed by atoms with Crippen LogP contribution in [0.15, 0.2) is 11.8 Å². The van der Waals surface area contributed by atoms with Crippen molar-refractivity contribution in [3.05, 3.63) is 11.8 Å². The van der Waals surface area contributed by atoms with Gasteiger partial charge in [-0.15, -0.1) is 0 Å². The summed E-state index contributed by atoms with van der Waals surface area (Å²) in [4.78, 5) is 11.3. The van der Waals surface area contributed by atoms with E-state index in [1.807, 2.05) is 0 Å². The van der Waals surface area contributed by atoms with Crippen molar-refractivity contribution in [3.8, 4) is 0 Å². The van der Waals surface area contributed by atoms with Crippen molar-refractivity contribution in [3.63, 3.8) is 0 Å². The van der Waals surface area contributed by atoms with E-state index in [0.29, 0.717) is 6.08 Å². The Bertz CT molecular complexity index is 1130. The largest absolute Gasteiger partial charge is 0.475 e. The Balaban J connectivity index is 2.44. The van der Waals surface area contributed by atoms with Crippen LogP contribution in [0, 0.1) is 5.92 Å². The number of ether oxygens (including phenoxy) is 3. The van der Waals surface area contributed by atoms with Gasteiger partial charge >= 0.3 is 37.1 Å². The molecule has 2 aliphatic rings. The van der Waals surface area contributed by atoms with E-state index in [1.54, 1.807) is 4.72 Å². The summed E-state index contributed by atoms with van der Waals surface area (Å²) < 4.78 is 119. The zero-order valence-corrected chi connectivity index (χ0v) is 19.7. The molecule has 19 nitrogen and oxygen atoms in total. The van der Waals surface area contributed by atoms with Crippen LogP contribution in [-0.4, -0.2) is 110 Å². The topological polar surface area (TPSA) is 299 Å². The molecule has 4 unspecified atom stereocenters. The first-order valence-corrected chi connectivity index (χ1v) is 13.3. The maximum atomic E-state index is 11.3. The number of aliphatic carboxylic acids is 1. The lowest BCUT2D eigenvalue weighted by Gasteiger charge is -2.45. The Morgan fingerprint density at radius 2 is 1.66 bits per heavy atom. The summed E-state index contributed by atoms with van der Waals surface area (Å²) in [6, 6.07) is -1.71. The summed E-state index contributed by atoms with van der Waals surface area (Å²) in [5.74, 6) is -4.06. The zero-order chi connectivity index (χ0) is 26.9. The van der Waals surface area contributed by atoms with Gasteiger partial charge in [0.05, 0.1) is 18.8 Å². The molecule has 0 bridgehead atoms. The van der Waals surface area contributed by atoms with Gasteiger partial charge in [0.1, 0.15) is 12.2 Å². The number of carboxylic acid groups (broad SMARTS) is 1. The molecule has 0 saturated carbocycles. The molecule has 7 N–H and O–H groups in total. The number of hydrogen-bond acceptors (Lipinski definition) is 14. The van der Waals surface area contributed by atoms with Crippen molar-refractivity contribution in [1.29, 1.82) is 0 Å². The van der Waals surface area contributed by atoms with E-state index in [-0.39, 0.29) is 0 Å². The highest BCUT2D eigenvalue weighted by Crippen LogP contribution is 2.32. The van der Waals surface area contributed by atoms with Crippen LogP contribution in [0.3, 0.4) is 0 Å². The summed E-state index contributed by atoms with van der Waals surface area (Å²) in [6.07, 6.45) is -11.4. The molecule has 22 heteroatoms. The first-order valence-electron chi connectivity index (χ1n) is 9.08. The minimum Gasteiger partial charge on any atom is -0.475 e. The van der Waals surface area contributed by atoms with Gasteiger partial charge < -0.3 is 29.5 Å². The van der Waals surface area contributed by atoms with Crippen molar-refractivity contribution in [1.82, 2.24) is 4.72 Å². The highest BCUT2D eigenvalue weighted by Gasteiger charge is 2.50. The minimum absolute atomic E-state index is 0.504. The fourth-order valence-corrected chi connectivity index (χ4v) is 4.71. The Kier molecular flexibility index (Phi) is 9.19. The fraction of sp³-hybridized carbons (Fsp3) is 0.769. The highest BCUT2D eigenvalue weighted by atomic mass is 32.3. The van der Waals surface area contributed by atoms with Crippen LogP contribution in [0.25, 0.3) is 0 Å². The van der Waals surface area contributed by atoms with Gasteiger partial charge in [-0.25, -0.2) is 13.2 Å². The monoisotopic (exact) mass is 575 g/mol. The van der Waals surface area contributed by atoms with Gasteiger partial charge in [0.25, 0.3) is 0 Å². The average Bonchev–Trinajstić information content (AvgIpc) is 2.65. The lowest BCUT2D eigenvalue weighted by atomic mass is 9.89. The molecule has 204 valence electrons. The van der Waals surface area contributed by atoms with E-state index in [2.05, 4.69) is 8.37 Å². The molecule has 2 aliphatic heterocycles. The second kappa shape index (κ2) is 10.8. The van der Waals surface area contributed by atoms with Crippen molar-refractivity contribution >= 4 is 37.1 Å². The van der Waals surface area contributed by atoms with E-state index in [4.69, 9.17) is 33.0 Å². The summed E-state index contributed by atoms with van der Waals surface area (Å²) in [7, 11) is -15.4. The van der Waals surface area contributed by atoms with Crippen LogP contribution in [0.2, 0.25) is 0 Å². The van der Waals surface area contributed by atoms with Gasteiger partial charge in [0.2, 0.25) is 12.0 Å². The molecule has 0 spiro atoms. The molecule has 1 fully saturated rings. The highest BCUT2D eigenvalue weighted by molar-refractivity contribution is 7.83. The van der Waals surface area contributed by atoms with E-state index < -0.39 is 98.4 Å². The van der Waals surface area contributed by atoms with Crippen LogP contribution in [0.1, 0.15) is 6.92 Å². The normalized spacial score (nSPS) is 34.6. The van der Waals surface area contributed by atoms with E-state index in [1.165, 1.54) is 0 Å². The van der Waals surface area contributed by atoms with E-state index in [0.717, 1.165) is 6.92 Å². The fourth-order valence-electron chi connectivity index (χ4n) is 3.25. The molecule has 8 atom stereocenters. The van der Waals surface area contributed by atoms with Gasteiger partial charge in [-0.05, 0) is 6.08 Å². The molecule has 0 radical (unpaired) electrons. The van der Waals surface area contributed by atoms with Gasteiger partial charge in [-0.3, -0.25) is 13.7 Å². The predicted molar refractivity (Wildman–Crippen MR) is 104 cm³/mol. The van der Waals surface area contributed by atoms with Crippen LogP contribution in [0.4, 0.5) is 0 Å². The summed E-state index contributed by atoms with van der Waals surface area (Å²) in [5.41, 5.74) is 0. The number of carboxylic acids is 1. The third kappa shape index (κ3) is 8.81. The Morgan fingerprint density at radius 3 is 2.14 bits per heavy atom. The SMILES string of the molecule is C[C@@H]1C(NS(=O)(=O)O)C(O)OC(COS(=O)(=O)O)[C@H]1O[C@@H]1OC(C(=O)O)=C[C@H](O)C1OS(=O)(=O)O. The molecule has 2 heterocycles. The molecular formula is C13H21NO18S3. The lowest BCUT2D eigenvalue weighted by Crippen LogP contribution is -2.62. The van der Waals surface area contributed by atoms with Crippen molar-refractivity contribution < 1.29 is 81.6 Å². The molecule has 35 heavy (non-hydrogen) atoms. The predicted octanol–water partition coefficient (Wildman–Crippen LogP) is -3.82. The number of rotatable bonds is 10. The van der Waals surface area contributed by atoms with Crippen LogP contribution in [-0.2, 0) is 58.5 Å². The smallest absolute Gasteiger partial charge is 0.397 e. The summed E-state index contributed by atoms with van der Waals surface area (Å²) in [6.45, 7) is 0.0652. The maximum absolute atomic E-state index is 11.3. The van der Waals surface area contributed by atoms with Crippen LogP contribution >= 0.6 is 0 Å². The summed E-state index contributed by atoms with van der Waals surface area (Å²) in [5, 5.41) is 29.4. The average molecular weight is 576 g/mol. The van der Waals surface area contributed by atoms with Crippen molar-refractivity contribution in [2.45, 2.75) is 50.0 Å². The first-order chi connectivity index (χ1) is 15.8. The van der Waals surface area contributed by atoms with Gasteiger partial charge in [-0.2, -0.15) is 30.0 Å². The molecule has 2 rings (SSSR count). The third-order valence-electron chi connectivity index (χ3n) is 4.64. The molecule has 0 aliphatic carbocycles. The first kappa shape index (κ1) is 29.7. The Hall–Kier alpha value is -1.54. The Morgan fingerprint density at radius 1 is 1.06 bits per heavy atom. The van der Waals surface area contributed by atoms with Gasteiger partial charge in [-0.1, -0.05) is 6.92 Å². The standard InChI is InChI=1S/C13H21NO18S3/c1-4-8(14-33(19,20)21)12(18)29-7(3-28-34(22,23)24)9(4)31-13-10(32-35(25,26)27)5(15)2-6(30-13)11(16)17/h2,4-5,7-10,12-15,18H,3H2,1H3,(H,16,17)(H,19,20,21)(H,22,23,24)(H,25,26,27)/t4-,5+,7?,8?,9+,10?,12?,13+/m1/s1. The lowest BCUT2D eigenvalue weighted by molar-refractivity contribution is -0.292. The minimum atomic E-state index is -5.30. The number of aliphatic hydroxyl groups excluding tert-OH is 2. The zero-order valence-electron chi connectivity index (χ0n) is 17.2. The summed E-state index contributed by atoms with van der Waals surface area (Å²) >= 11 is 0. The quantitative estimate of drug-likeness (QED) is 0.123. The molecule has 0 aromatic rings. The third-order valence-corrected chi connectivity index (χ3v) is 6.11. The molecule has 0 aromatic carbocycles. The van der Waals surface area contributed by atoms with Gasteiger partial charge in [0, 0.05) is 5.92 Å². The number of aliphatic hydroxyl groups is 2. The van der Waals surface area contributed by atoms with Crippen LogP contribution < -0.4 is 4.72 Å². The molecule has 0 amide bonds. The van der Waals surface area contributed by atoms with E-state index in [9.17, 15) is 40.3 Å². The van der Waals surface area contributed by atoms with Crippen molar-refractivity contribution in [2.75, 3.05) is 6.61 Å². The maximum Gasteiger partial charge on any atom is 0.397 e. The van der Waals surface area contributed by atoms with Crippen molar-refractivity contribution in [2.24, 2.45) is 5.92 Å². The Labute approximate surface area is 198 Å². The number of nitrogens with one attached hydrogen (secondary N) is 1. The second-order valence-electron chi connectivity index (χ2n) is 7.16. The number of hydrogen-bond donors (Lipinski definition) is 7. The van der Waals surface area contributed by atoms with Crippen LogP contribution in [0.5, 0.6) is 0 Å². The second-order valence-corrected chi connectivity index (χ2v) is 10.5. The molecule has 1 saturated heterocycles.